The predicted octanol–water partition coefficient (Wildman–Crippen LogP) is 30.4. The van der Waals surface area contributed by atoms with Gasteiger partial charge < -0.3 is 23.7 Å². The van der Waals surface area contributed by atoms with Crippen LogP contribution in [0.25, 0.3) is 134 Å². The van der Waals surface area contributed by atoms with Gasteiger partial charge >= 0.3 is 0 Å². The van der Waals surface area contributed by atoms with Gasteiger partial charge in [-0.15, -0.1) is 0 Å². The molecule has 0 saturated carbocycles. The monoisotopic (exact) mass is 1710 g/mol. The number of methoxy groups -OCH3 is 4. The molecule has 14 rings (SSSR count). The van der Waals surface area contributed by atoms with E-state index >= 15 is 0 Å². The summed E-state index contributed by atoms with van der Waals surface area (Å²) in [5.41, 5.74) is 32.2. The SMILES string of the molecule is COc1c(-c2ccccc2C)cc(-c2ccccc2C)cc1-c1cc(-c2cc(-c3ccccc3C)cc(-c3ccccc3C)c2OC)c(Br)c(C(C)(C)OC(C)(C)c2c(Br)c(-c3cc(-c4ccccc4C)cc(-c4ccccc4C)c3OC)cc(-c3cc(-c4ccccc4C)cc(-c4ccccc4C)c3OC)c2Br)c1Br. The molecule has 0 amide bonds. The molecular weight excluding hydrogens is 1620 g/mol. The first-order valence-electron chi connectivity index (χ1n) is 37.5. The van der Waals surface area contributed by atoms with Gasteiger partial charge in [0, 0.05) is 95.8 Å². The summed E-state index contributed by atoms with van der Waals surface area (Å²) in [6.07, 6.45) is 0. The largest absolute Gasteiger partial charge is 0.495 e. The Labute approximate surface area is 689 Å². The molecule has 14 aromatic carbocycles. The number of halogens is 4. The van der Waals surface area contributed by atoms with Crippen LogP contribution in [0.5, 0.6) is 23.0 Å². The Hall–Kier alpha value is -9.84. The zero-order valence-corrected chi connectivity index (χ0v) is 72.1. The van der Waals surface area contributed by atoms with Gasteiger partial charge in [-0.2, -0.15) is 0 Å². The zero-order chi connectivity index (χ0) is 78.5. The molecule has 0 aliphatic heterocycles. The summed E-state index contributed by atoms with van der Waals surface area (Å²) in [5, 5.41) is 0. The Kier molecular flexibility index (Phi) is 22.5. The summed E-state index contributed by atoms with van der Waals surface area (Å²) in [5.74, 6) is 2.89. The average Bonchev–Trinajstić information content (AvgIpc) is 1.25. The van der Waals surface area contributed by atoms with Gasteiger partial charge in [0.2, 0.25) is 0 Å². The van der Waals surface area contributed by atoms with Crippen molar-refractivity contribution < 1.29 is 23.7 Å². The lowest BCUT2D eigenvalue weighted by atomic mass is 9.83. The van der Waals surface area contributed by atoms with Gasteiger partial charge in [0.25, 0.3) is 0 Å². The molecule has 0 aromatic heterocycles. The first-order chi connectivity index (χ1) is 53.4. The maximum Gasteiger partial charge on any atom is 0.134 e. The third-order valence-corrected chi connectivity index (χ3v) is 25.3. The molecule has 0 atom stereocenters. The summed E-state index contributed by atoms with van der Waals surface area (Å²) < 4.78 is 39.0. The quantitative estimate of drug-likeness (QED) is 0.0761. The topological polar surface area (TPSA) is 46.2 Å². The summed E-state index contributed by atoms with van der Waals surface area (Å²) in [6.45, 7) is 26.1. The number of aryl methyl sites for hydroxylation is 8. The highest BCUT2D eigenvalue weighted by atomic mass is 79.9. The maximum atomic E-state index is 8.34. The third-order valence-electron chi connectivity index (χ3n) is 22.0. The van der Waals surface area contributed by atoms with E-state index in [9.17, 15) is 0 Å². The van der Waals surface area contributed by atoms with E-state index in [4.69, 9.17) is 23.7 Å². The minimum atomic E-state index is -1.19. The van der Waals surface area contributed by atoms with E-state index in [1.165, 1.54) is 0 Å². The van der Waals surface area contributed by atoms with E-state index in [2.05, 4.69) is 402 Å². The van der Waals surface area contributed by atoms with Crippen molar-refractivity contribution in [3.63, 3.8) is 0 Å². The van der Waals surface area contributed by atoms with Gasteiger partial charge in [-0.05, 0) is 319 Å². The molecule has 0 saturated heterocycles. The molecule has 0 radical (unpaired) electrons. The Morgan fingerprint density at radius 2 is 0.351 bits per heavy atom. The number of benzene rings is 14. The van der Waals surface area contributed by atoms with Gasteiger partial charge in [-0.3, -0.25) is 0 Å². The van der Waals surface area contributed by atoms with Gasteiger partial charge in [-0.1, -0.05) is 194 Å². The molecule has 0 aliphatic rings. The van der Waals surface area contributed by atoms with Gasteiger partial charge in [-0.25, -0.2) is 0 Å². The van der Waals surface area contributed by atoms with Gasteiger partial charge in [0.1, 0.15) is 23.0 Å². The molecule has 0 spiro atoms. The van der Waals surface area contributed by atoms with Crippen LogP contribution in [0.2, 0.25) is 0 Å². The van der Waals surface area contributed by atoms with Crippen LogP contribution in [0.3, 0.4) is 0 Å². The van der Waals surface area contributed by atoms with Crippen LogP contribution in [-0.2, 0) is 15.9 Å². The van der Waals surface area contributed by atoms with Crippen molar-refractivity contribution in [2.45, 2.75) is 94.3 Å². The lowest BCUT2D eigenvalue weighted by Crippen LogP contribution is -2.35. The molecule has 0 bridgehead atoms. The van der Waals surface area contributed by atoms with Crippen LogP contribution in [0.1, 0.15) is 83.3 Å². The average molecular weight is 1720 g/mol. The van der Waals surface area contributed by atoms with Crippen LogP contribution in [0.15, 0.2) is 273 Å². The maximum absolute atomic E-state index is 8.34. The van der Waals surface area contributed by atoms with E-state index in [1.54, 1.807) is 28.4 Å². The standard InChI is InChI=1S/C102H90Br4O5/c1-59-33-17-25-41-71(59)67-49-83(75-45-29-21-37-63(75)5)97(107-13)87(53-67)79-57-80(88-54-68(72-42-26-18-34-60(72)2)50-84(98(88)108-14)76-46-30-22-38-64(76)6)94(104)91(93(79)103)101(9,10)111-102(11,12)92-95(105)81(89-55-69(73-43-27-19-35-61(73)3)51-85(99(89)109-15)77-47-31-23-39-65(77)7)58-82(96(92)106)90-56-70(74-44-28-20-36-62(74)4)52-86(100(90)110-16)78-48-32-24-40-66(78)8/h17-58H,1-16H3. The second kappa shape index (κ2) is 32.1. The lowest BCUT2D eigenvalue weighted by Gasteiger charge is -2.40. The highest BCUT2D eigenvalue weighted by Gasteiger charge is 2.41. The smallest absolute Gasteiger partial charge is 0.134 e. The number of hydrogen-bond donors (Lipinski definition) is 0. The molecule has 14 aromatic rings. The first-order valence-corrected chi connectivity index (χ1v) is 40.7. The minimum Gasteiger partial charge on any atom is -0.495 e. The van der Waals surface area contributed by atoms with Crippen LogP contribution in [0, 0.1) is 55.4 Å². The molecule has 556 valence electrons. The molecule has 0 aliphatic carbocycles. The second-order valence-corrected chi connectivity index (χ2v) is 33.2. The number of hydrogen-bond acceptors (Lipinski definition) is 5. The molecular formula is C102H90Br4O5. The second-order valence-electron chi connectivity index (χ2n) is 30.0. The molecule has 0 unspecified atom stereocenters. The Morgan fingerprint density at radius 1 is 0.198 bits per heavy atom. The molecule has 111 heavy (non-hydrogen) atoms. The van der Waals surface area contributed by atoms with E-state index in [-0.39, 0.29) is 0 Å². The first kappa shape index (κ1) is 77.9. The van der Waals surface area contributed by atoms with Crippen molar-refractivity contribution in [2.75, 3.05) is 28.4 Å². The lowest BCUT2D eigenvalue weighted by molar-refractivity contribution is -0.133. The zero-order valence-electron chi connectivity index (χ0n) is 65.8. The molecule has 0 fully saturated rings. The van der Waals surface area contributed by atoms with Gasteiger partial charge in [0.15, 0.2) is 0 Å². The summed E-state index contributed by atoms with van der Waals surface area (Å²) in [6, 6.07) is 91.6. The van der Waals surface area contributed by atoms with Gasteiger partial charge in [0.05, 0.1) is 39.6 Å². The Morgan fingerprint density at radius 3 is 0.514 bits per heavy atom. The van der Waals surface area contributed by atoms with Crippen LogP contribution >= 0.6 is 63.7 Å². The predicted molar refractivity (Wildman–Crippen MR) is 480 cm³/mol. The van der Waals surface area contributed by atoms with Crippen LogP contribution in [0.4, 0.5) is 0 Å². The van der Waals surface area contributed by atoms with Crippen molar-refractivity contribution >= 4 is 63.7 Å². The molecule has 0 heterocycles. The van der Waals surface area contributed by atoms with E-state index in [0.29, 0.717) is 0 Å². The summed E-state index contributed by atoms with van der Waals surface area (Å²) in [4.78, 5) is 0. The van der Waals surface area contributed by atoms with Crippen molar-refractivity contribution in [2.24, 2.45) is 0 Å². The van der Waals surface area contributed by atoms with E-state index < -0.39 is 11.2 Å². The van der Waals surface area contributed by atoms with Crippen LogP contribution < -0.4 is 18.9 Å². The van der Waals surface area contributed by atoms with Crippen molar-refractivity contribution in [3.8, 4) is 157 Å². The summed E-state index contributed by atoms with van der Waals surface area (Å²) >= 11 is 18.0. The van der Waals surface area contributed by atoms with Crippen LogP contribution in [-0.4, -0.2) is 28.4 Å². The Balaban J connectivity index is 1.09. The summed E-state index contributed by atoms with van der Waals surface area (Å²) in [7, 11) is 7.15. The fourth-order valence-electron chi connectivity index (χ4n) is 16.6. The number of rotatable bonds is 20. The van der Waals surface area contributed by atoms with E-state index in [0.717, 1.165) is 230 Å². The molecule has 5 nitrogen and oxygen atoms in total. The highest BCUT2D eigenvalue weighted by molar-refractivity contribution is 9.11. The highest BCUT2D eigenvalue weighted by Crippen LogP contribution is 2.59. The minimum absolute atomic E-state index is 0.721. The van der Waals surface area contributed by atoms with Crippen molar-refractivity contribution in [1.82, 2.24) is 0 Å². The molecule has 9 heteroatoms. The van der Waals surface area contributed by atoms with E-state index in [1.807, 2.05) is 0 Å². The third kappa shape index (κ3) is 14.7. The fraction of sp³-hybridized carbons (Fsp3) is 0.176. The number of ether oxygens (including phenoxy) is 5. The van der Waals surface area contributed by atoms with Crippen molar-refractivity contribution in [3.05, 3.63) is 328 Å². The van der Waals surface area contributed by atoms with Crippen molar-refractivity contribution in [1.29, 1.82) is 0 Å². The molecule has 0 N–H and O–H groups in total. The Bertz CT molecular complexity index is 5280. The fourth-order valence-corrected chi connectivity index (χ4v) is 21.1. The normalized spacial score (nSPS) is 11.6.